The van der Waals surface area contributed by atoms with Gasteiger partial charge in [0.05, 0.1) is 12.8 Å². The van der Waals surface area contributed by atoms with Crippen molar-refractivity contribution in [2.24, 2.45) is 0 Å². The molecule has 1 N–H and O–H groups in total. The Morgan fingerprint density at radius 2 is 1.69 bits per heavy atom. The third kappa shape index (κ3) is 5.06. The van der Waals surface area contributed by atoms with Crippen LogP contribution in [0.2, 0.25) is 0 Å². The zero-order chi connectivity index (χ0) is 25.1. The van der Waals surface area contributed by atoms with Gasteiger partial charge in [0, 0.05) is 25.3 Å². The van der Waals surface area contributed by atoms with Crippen LogP contribution in [-0.4, -0.2) is 37.0 Å². The lowest BCUT2D eigenvalue weighted by Gasteiger charge is -2.36. The number of rotatable bonds is 6. The van der Waals surface area contributed by atoms with Crippen LogP contribution in [-0.2, 0) is 6.54 Å². The predicted molar refractivity (Wildman–Crippen MR) is 121 cm³/mol. The molecule has 10 heteroatoms. The van der Waals surface area contributed by atoms with Gasteiger partial charge in [0.1, 0.15) is 22.9 Å². The third-order valence-electron chi connectivity index (χ3n) is 5.59. The molecule has 0 atom stereocenters. The zero-order valence-electron chi connectivity index (χ0n) is 18.7. The highest BCUT2D eigenvalue weighted by Gasteiger charge is 2.29. The van der Waals surface area contributed by atoms with E-state index in [4.69, 9.17) is 4.74 Å². The van der Waals surface area contributed by atoms with E-state index in [1.54, 1.807) is 0 Å². The molecule has 0 unspecified atom stereocenters. The molecule has 0 spiro atoms. The number of anilines is 2. The van der Waals surface area contributed by atoms with Gasteiger partial charge in [0.25, 0.3) is 5.91 Å². The standard InChI is InChI=1S/C25H21F4N3O3/c1-35-22-9-7-16(30-24(33)23-18(27)4-2-5-19(23)28)13-21(22)32-11-3-10-31(25(32)34)14-15-6-8-17(26)20(29)12-15/h2,4-9,12-13H,3,10-11,14H2,1H3,(H,30,33). The number of halogens is 4. The molecule has 4 rings (SSSR count). The molecule has 0 bridgehead atoms. The van der Waals surface area contributed by atoms with Gasteiger partial charge in [-0.15, -0.1) is 0 Å². The smallest absolute Gasteiger partial charge is 0.324 e. The van der Waals surface area contributed by atoms with E-state index in [0.717, 1.165) is 30.3 Å². The fraction of sp³-hybridized carbons (Fsp3) is 0.200. The van der Waals surface area contributed by atoms with Crippen LogP contribution in [0.4, 0.5) is 33.7 Å². The van der Waals surface area contributed by atoms with E-state index in [9.17, 15) is 27.2 Å². The van der Waals surface area contributed by atoms with Gasteiger partial charge in [0.2, 0.25) is 0 Å². The fourth-order valence-corrected chi connectivity index (χ4v) is 3.90. The van der Waals surface area contributed by atoms with Gasteiger partial charge >= 0.3 is 6.03 Å². The first-order valence-electron chi connectivity index (χ1n) is 10.7. The van der Waals surface area contributed by atoms with Crippen molar-refractivity contribution in [2.75, 3.05) is 30.4 Å². The predicted octanol–water partition coefficient (Wildman–Crippen LogP) is 5.34. The van der Waals surface area contributed by atoms with Gasteiger partial charge in [-0.2, -0.15) is 0 Å². The first-order chi connectivity index (χ1) is 16.8. The van der Waals surface area contributed by atoms with Gasteiger partial charge in [-0.25, -0.2) is 22.4 Å². The number of nitrogens with one attached hydrogen (secondary N) is 1. The molecule has 1 aliphatic rings. The van der Waals surface area contributed by atoms with Gasteiger partial charge < -0.3 is 15.0 Å². The van der Waals surface area contributed by atoms with Crippen LogP contribution in [0.3, 0.4) is 0 Å². The minimum Gasteiger partial charge on any atom is -0.495 e. The van der Waals surface area contributed by atoms with Gasteiger partial charge in [-0.3, -0.25) is 9.69 Å². The fourth-order valence-electron chi connectivity index (χ4n) is 3.90. The first kappa shape index (κ1) is 24.1. The second-order valence-corrected chi connectivity index (χ2v) is 7.90. The van der Waals surface area contributed by atoms with Crippen molar-refractivity contribution >= 4 is 23.3 Å². The van der Waals surface area contributed by atoms with Crippen molar-refractivity contribution < 1.29 is 31.9 Å². The average Bonchev–Trinajstić information content (AvgIpc) is 2.82. The van der Waals surface area contributed by atoms with Crippen molar-refractivity contribution in [3.05, 3.63) is 89.0 Å². The lowest BCUT2D eigenvalue weighted by molar-refractivity contribution is 0.101. The van der Waals surface area contributed by atoms with Crippen LogP contribution in [0.1, 0.15) is 22.3 Å². The molecule has 6 nitrogen and oxygen atoms in total. The summed E-state index contributed by atoms with van der Waals surface area (Å²) in [6.07, 6.45) is 0.579. The molecule has 1 fully saturated rings. The summed E-state index contributed by atoms with van der Waals surface area (Å²) in [6, 6.07) is 10.6. The largest absolute Gasteiger partial charge is 0.495 e. The number of amides is 3. The van der Waals surface area contributed by atoms with Crippen molar-refractivity contribution in [1.29, 1.82) is 0 Å². The average molecular weight is 487 g/mol. The second-order valence-electron chi connectivity index (χ2n) is 7.90. The van der Waals surface area contributed by atoms with Gasteiger partial charge in [-0.05, 0) is 54.4 Å². The summed E-state index contributed by atoms with van der Waals surface area (Å²) in [4.78, 5) is 28.7. The summed E-state index contributed by atoms with van der Waals surface area (Å²) in [6.45, 7) is 0.806. The van der Waals surface area contributed by atoms with Crippen molar-refractivity contribution in [3.63, 3.8) is 0 Å². The number of benzene rings is 3. The molecule has 0 radical (unpaired) electrons. The Morgan fingerprint density at radius 1 is 0.943 bits per heavy atom. The van der Waals surface area contributed by atoms with Crippen LogP contribution in [0, 0.1) is 23.3 Å². The summed E-state index contributed by atoms with van der Waals surface area (Å²) in [7, 11) is 1.42. The molecule has 0 saturated carbocycles. The molecule has 3 aromatic rings. The highest BCUT2D eigenvalue weighted by atomic mass is 19.2. The summed E-state index contributed by atoms with van der Waals surface area (Å²) in [5.74, 6) is -4.63. The molecule has 3 aromatic carbocycles. The minimum absolute atomic E-state index is 0.0673. The Morgan fingerprint density at radius 3 is 2.37 bits per heavy atom. The van der Waals surface area contributed by atoms with Crippen molar-refractivity contribution in [2.45, 2.75) is 13.0 Å². The molecule has 35 heavy (non-hydrogen) atoms. The van der Waals surface area contributed by atoms with E-state index in [0.29, 0.717) is 36.5 Å². The van der Waals surface area contributed by atoms with E-state index in [1.807, 2.05) is 0 Å². The summed E-state index contributed by atoms with van der Waals surface area (Å²) in [5.41, 5.74) is 0.230. The first-order valence-corrected chi connectivity index (χ1v) is 10.7. The highest BCUT2D eigenvalue weighted by Crippen LogP contribution is 2.34. The summed E-state index contributed by atoms with van der Waals surface area (Å²) < 4.78 is 60.2. The normalized spacial score (nSPS) is 13.7. The number of carbonyl (C=O) groups excluding carboxylic acids is 2. The third-order valence-corrected chi connectivity index (χ3v) is 5.59. The molecular formula is C25H21F4N3O3. The van der Waals surface area contributed by atoms with E-state index < -0.39 is 40.8 Å². The Balaban J connectivity index is 1.58. The SMILES string of the molecule is COc1ccc(NC(=O)c2c(F)cccc2F)cc1N1CCCN(Cc2ccc(F)c(F)c2)C1=O. The molecule has 1 saturated heterocycles. The van der Waals surface area contributed by atoms with Gasteiger partial charge in [0.15, 0.2) is 11.6 Å². The Labute approximate surface area is 198 Å². The summed E-state index contributed by atoms with van der Waals surface area (Å²) >= 11 is 0. The second kappa shape index (κ2) is 10.0. The number of methoxy groups -OCH3 is 1. The van der Waals surface area contributed by atoms with Crippen LogP contribution in [0.25, 0.3) is 0 Å². The van der Waals surface area contributed by atoms with Crippen LogP contribution in [0.15, 0.2) is 54.6 Å². The van der Waals surface area contributed by atoms with Crippen molar-refractivity contribution in [1.82, 2.24) is 4.90 Å². The lowest BCUT2D eigenvalue weighted by atomic mass is 10.1. The number of ether oxygens (including phenoxy) is 1. The number of urea groups is 1. The van der Waals surface area contributed by atoms with Crippen LogP contribution in [0.5, 0.6) is 5.75 Å². The zero-order valence-corrected chi connectivity index (χ0v) is 18.7. The van der Waals surface area contributed by atoms with Crippen molar-refractivity contribution in [3.8, 4) is 5.75 Å². The molecule has 3 amide bonds. The quantitative estimate of drug-likeness (QED) is 0.478. The molecule has 182 valence electrons. The number of hydrogen-bond acceptors (Lipinski definition) is 3. The topological polar surface area (TPSA) is 61.9 Å². The van der Waals surface area contributed by atoms with Crippen LogP contribution < -0.4 is 15.0 Å². The molecule has 0 aromatic heterocycles. The highest BCUT2D eigenvalue weighted by molar-refractivity contribution is 6.05. The number of nitrogens with zero attached hydrogens (tertiary/aromatic N) is 2. The monoisotopic (exact) mass is 487 g/mol. The number of carbonyl (C=O) groups is 2. The van der Waals surface area contributed by atoms with Gasteiger partial charge in [-0.1, -0.05) is 12.1 Å². The van der Waals surface area contributed by atoms with E-state index in [1.165, 1.54) is 41.2 Å². The molecular weight excluding hydrogens is 466 g/mol. The molecule has 0 aliphatic carbocycles. The maximum Gasteiger partial charge on any atom is 0.324 e. The maximum absolute atomic E-state index is 14.0. The Hall–Kier alpha value is -4.08. The number of hydrogen-bond donors (Lipinski definition) is 1. The summed E-state index contributed by atoms with van der Waals surface area (Å²) in [5, 5.41) is 2.44. The molecule has 1 heterocycles. The minimum atomic E-state index is -1.00. The van der Waals surface area contributed by atoms with Crippen LogP contribution >= 0.6 is 0 Å². The Bertz CT molecular complexity index is 1260. The Kier molecular flexibility index (Phi) is 6.90. The maximum atomic E-state index is 14.0. The van der Waals surface area contributed by atoms with E-state index in [2.05, 4.69) is 5.32 Å². The molecule has 1 aliphatic heterocycles. The van der Waals surface area contributed by atoms with E-state index >= 15 is 0 Å². The lowest BCUT2D eigenvalue weighted by Crippen LogP contribution is -2.49. The van der Waals surface area contributed by atoms with E-state index in [-0.39, 0.29) is 12.2 Å².